The molecule has 0 unspecified atom stereocenters. The van der Waals surface area contributed by atoms with Crippen LogP contribution in [0.4, 0.5) is 15.0 Å². The summed E-state index contributed by atoms with van der Waals surface area (Å²) >= 11 is 5.02. The fourth-order valence-electron chi connectivity index (χ4n) is 0.714. The lowest BCUT2D eigenvalue weighted by molar-refractivity contribution is 0.269. The highest BCUT2D eigenvalue weighted by molar-refractivity contribution is 6.65. The van der Waals surface area contributed by atoms with Crippen LogP contribution in [-0.4, -0.2) is 10.4 Å². The van der Waals surface area contributed by atoms with Crippen LogP contribution in [0.15, 0.2) is 12.1 Å². The lowest BCUT2D eigenvalue weighted by Gasteiger charge is -2.00. The smallest absolute Gasteiger partial charge is 0.297 e. The summed E-state index contributed by atoms with van der Waals surface area (Å²) in [6.45, 7) is 1.50. The van der Waals surface area contributed by atoms with Crippen molar-refractivity contribution in [3.05, 3.63) is 23.6 Å². The van der Waals surface area contributed by atoms with Crippen molar-refractivity contribution in [2.45, 2.75) is 6.92 Å². The van der Waals surface area contributed by atoms with Gasteiger partial charge in [0.2, 0.25) is 0 Å². The first-order chi connectivity index (χ1) is 5.59. The van der Waals surface area contributed by atoms with Gasteiger partial charge in [-0.3, -0.25) is 10.1 Å². The number of aryl methyl sites for hydroxylation is 1. The number of aromatic nitrogens is 1. The van der Waals surface area contributed by atoms with Gasteiger partial charge in [0.1, 0.15) is 11.6 Å². The van der Waals surface area contributed by atoms with Crippen LogP contribution in [0.25, 0.3) is 0 Å². The summed E-state index contributed by atoms with van der Waals surface area (Å²) in [5, 5.41) is 1.48. The molecule has 0 spiro atoms. The number of pyridine rings is 1. The zero-order valence-corrected chi connectivity index (χ0v) is 7.02. The molecule has 0 bridgehead atoms. The van der Waals surface area contributed by atoms with E-state index in [1.807, 2.05) is 0 Å². The molecule has 1 amide bonds. The number of hydrogen-bond donors (Lipinski definition) is 1. The second kappa shape index (κ2) is 3.49. The molecule has 0 aliphatic rings. The highest BCUT2D eigenvalue weighted by atomic mass is 35.5. The van der Waals surface area contributed by atoms with E-state index in [-0.39, 0.29) is 11.5 Å². The lowest BCUT2D eigenvalue weighted by Crippen LogP contribution is -2.04. The Morgan fingerprint density at radius 1 is 1.67 bits per heavy atom. The van der Waals surface area contributed by atoms with E-state index in [0.717, 1.165) is 0 Å². The Bertz CT molecular complexity index is 316. The first kappa shape index (κ1) is 8.93. The number of nitrogens with zero attached hydrogens (tertiary/aromatic N) is 1. The SMILES string of the molecule is Cc1nc(NC(=O)Cl)ccc1F. The number of carbonyl (C=O) groups is 1. The Kier molecular flexibility index (Phi) is 2.60. The molecule has 0 fully saturated rings. The molecule has 1 aromatic rings. The topological polar surface area (TPSA) is 42.0 Å². The van der Waals surface area contributed by atoms with Crippen LogP contribution in [0.1, 0.15) is 5.69 Å². The number of anilines is 1. The molecule has 0 atom stereocenters. The van der Waals surface area contributed by atoms with Crippen LogP contribution < -0.4 is 5.32 Å². The van der Waals surface area contributed by atoms with Crippen LogP contribution in [0.3, 0.4) is 0 Å². The van der Waals surface area contributed by atoms with Gasteiger partial charge in [0.15, 0.2) is 0 Å². The van der Waals surface area contributed by atoms with Crippen molar-refractivity contribution in [2.75, 3.05) is 5.32 Å². The van der Waals surface area contributed by atoms with Crippen LogP contribution in [0.5, 0.6) is 0 Å². The van der Waals surface area contributed by atoms with E-state index in [2.05, 4.69) is 10.3 Å². The van der Waals surface area contributed by atoms with Gasteiger partial charge < -0.3 is 0 Å². The van der Waals surface area contributed by atoms with Crippen molar-refractivity contribution in [3.8, 4) is 0 Å². The fraction of sp³-hybridized carbons (Fsp3) is 0.143. The van der Waals surface area contributed by atoms with Crippen LogP contribution in [0, 0.1) is 12.7 Å². The van der Waals surface area contributed by atoms with Crippen molar-refractivity contribution in [1.29, 1.82) is 0 Å². The van der Waals surface area contributed by atoms with Gasteiger partial charge in [-0.15, -0.1) is 0 Å². The third-order valence-corrected chi connectivity index (χ3v) is 1.34. The molecule has 64 valence electrons. The van der Waals surface area contributed by atoms with Gasteiger partial charge in [0.25, 0.3) is 0 Å². The predicted octanol–water partition coefficient (Wildman–Crippen LogP) is 2.30. The lowest BCUT2D eigenvalue weighted by atomic mass is 10.3. The Balaban J connectivity index is 2.89. The number of nitrogens with one attached hydrogen (secondary N) is 1. The van der Waals surface area contributed by atoms with E-state index in [4.69, 9.17) is 11.6 Å². The monoisotopic (exact) mass is 188 g/mol. The summed E-state index contributed by atoms with van der Waals surface area (Å²) in [6.07, 6.45) is 0. The summed E-state index contributed by atoms with van der Waals surface area (Å²) in [5.74, 6) is -0.170. The number of amides is 1. The van der Waals surface area contributed by atoms with E-state index in [1.165, 1.54) is 19.1 Å². The van der Waals surface area contributed by atoms with Crippen molar-refractivity contribution in [2.24, 2.45) is 0 Å². The summed E-state index contributed by atoms with van der Waals surface area (Å²) in [5.41, 5.74) is 0.220. The quantitative estimate of drug-likeness (QED) is 0.543. The van der Waals surface area contributed by atoms with Crippen molar-refractivity contribution >= 4 is 22.8 Å². The van der Waals surface area contributed by atoms with E-state index in [9.17, 15) is 9.18 Å². The molecule has 0 radical (unpaired) electrons. The van der Waals surface area contributed by atoms with E-state index in [0.29, 0.717) is 0 Å². The standard InChI is InChI=1S/C7H6ClFN2O/c1-4-5(9)2-3-6(10-4)11-7(8)12/h2-3H,1H3,(H,10,11,12). The largest absolute Gasteiger partial charge is 0.319 e. The minimum atomic E-state index is -0.742. The number of rotatable bonds is 1. The fourth-order valence-corrected chi connectivity index (χ4v) is 0.811. The highest BCUT2D eigenvalue weighted by Crippen LogP contribution is 2.08. The third kappa shape index (κ3) is 2.17. The Labute approximate surface area is 73.6 Å². The zero-order chi connectivity index (χ0) is 9.14. The minimum Gasteiger partial charge on any atom is -0.297 e. The molecule has 0 aliphatic carbocycles. The molecular weight excluding hydrogens is 183 g/mol. The van der Waals surface area contributed by atoms with E-state index < -0.39 is 11.2 Å². The molecule has 1 rings (SSSR count). The minimum absolute atomic E-state index is 0.220. The second-order valence-electron chi connectivity index (χ2n) is 2.16. The average Bonchev–Trinajstić information content (AvgIpc) is 1.96. The van der Waals surface area contributed by atoms with Gasteiger partial charge in [-0.1, -0.05) is 0 Å². The number of carbonyl (C=O) groups excluding carboxylic acids is 1. The van der Waals surface area contributed by atoms with Gasteiger partial charge in [-0.2, -0.15) is 0 Å². The molecule has 5 heteroatoms. The van der Waals surface area contributed by atoms with Gasteiger partial charge in [-0.25, -0.2) is 9.37 Å². The summed E-state index contributed by atoms with van der Waals surface area (Å²) < 4.78 is 12.6. The zero-order valence-electron chi connectivity index (χ0n) is 6.27. The average molecular weight is 189 g/mol. The summed E-state index contributed by atoms with van der Waals surface area (Å²) in [4.78, 5) is 14.1. The maximum absolute atomic E-state index is 12.6. The highest BCUT2D eigenvalue weighted by Gasteiger charge is 2.01. The van der Waals surface area contributed by atoms with Crippen LogP contribution >= 0.6 is 11.6 Å². The normalized spacial score (nSPS) is 9.58. The third-order valence-electron chi connectivity index (χ3n) is 1.25. The molecular formula is C7H6ClFN2O. The Hall–Kier alpha value is -1.16. The molecule has 12 heavy (non-hydrogen) atoms. The van der Waals surface area contributed by atoms with Crippen molar-refractivity contribution < 1.29 is 9.18 Å². The predicted molar refractivity (Wildman–Crippen MR) is 43.8 cm³/mol. The van der Waals surface area contributed by atoms with E-state index >= 15 is 0 Å². The van der Waals surface area contributed by atoms with Gasteiger partial charge in [0.05, 0.1) is 5.69 Å². The Morgan fingerprint density at radius 2 is 2.33 bits per heavy atom. The second-order valence-corrected chi connectivity index (χ2v) is 2.51. The molecule has 1 N–H and O–H groups in total. The molecule has 0 saturated heterocycles. The van der Waals surface area contributed by atoms with Gasteiger partial charge in [0, 0.05) is 0 Å². The first-order valence-corrected chi connectivity index (χ1v) is 3.57. The molecule has 1 heterocycles. The summed E-state index contributed by atoms with van der Waals surface area (Å²) in [6, 6.07) is 2.55. The number of halogens is 2. The van der Waals surface area contributed by atoms with Crippen LogP contribution in [0.2, 0.25) is 0 Å². The van der Waals surface area contributed by atoms with Gasteiger partial charge >= 0.3 is 5.37 Å². The number of hydrogen-bond acceptors (Lipinski definition) is 2. The van der Waals surface area contributed by atoms with E-state index in [1.54, 1.807) is 0 Å². The first-order valence-electron chi connectivity index (χ1n) is 3.19. The molecule has 3 nitrogen and oxygen atoms in total. The maximum atomic E-state index is 12.6. The molecule has 1 aromatic heterocycles. The van der Waals surface area contributed by atoms with Crippen molar-refractivity contribution in [3.63, 3.8) is 0 Å². The Morgan fingerprint density at radius 3 is 2.83 bits per heavy atom. The van der Waals surface area contributed by atoms with Crippen LogP contribution in [-0.2, 0) is 0 Å². The van der Waals surface area contributed by atoms with Gasteiger partial charge in [-0.05, 0) is 30.7 Å². The maximum Gasteiger partial charge on any atom is 0.319 e. The summed E-state index contributed by atoms with van der Waals surface area (Å²) in [7, 11) is 0. The molecule has 0 saturated carbocycles. The molecule has 0 aromatic carbocycles. The molecule has 0 aliphatic heterocycles. The van der Waals surface area contributed by atoms with Crippen molar-refractivity contribution in [1.82, 2.24) is 4.98 Å².